The minimum absolute atomic E-state index is 0.182. The van der Waals surface area contributed by atoms with Crippen LogP contribution in [0.4, 0.5) is 5.82 Å². The van der Waals surface area contributed by atoms with E-state index in [0.717, 1.165) is 12.2 Å². The van der Waals surface area contributed by atoms with Crippen molar-refractivity contribution >= 4 is 11.8 Å². The molecule has 0 spiro atoms. The first-order valence-electron chi connectivity index (χ1n) is 7.11. The Morgan fingerprint density at radius 3 is 2.67 bits per heavy atom. The fourth-order valence-electron chi connectivity index (χ4n) is 1.66. The van der Waals surface area contributed by atoms with Gasteiger partial charge in [-0.25, -0.2) is 9.78 Å². The summed E-state index contributed by atoms with van der Waals surface area (Å²) in [6.07, 6.45) is 0. The fraction of sp³-hybridized carbons (Fsp3) is 0.600. The highest BCUT2D eigenvalue weighted by molar-refractivity contribution is 5.88. The minimum Gasteiger partial charge on any atom is -0.478 e. The Labute approximate surface area is 126 Å². The Morgan fingerprint density at radius 1 is 1.38 bits per heavy atom. The van der Waals surface area contributed by atoms with Crippen molar-refractivity contribution in [2.45, 2.75) is 19.8 Å². The molecule has 0 aliphatic carbocycles. The molecule has 0 aromatic carbocycles. The van der Waals surface area contributed by atoms with E-state index in [1.54, 1.807) is 12.1 Å². The lowest BCUT2D eigenvalue weighted by molar-refractivity contribution is 0.0696. The largest absolute Gasteiger partial charge is 0.478 e. The normalized spacial score (nSPS) is 11.1. The number of carboxylic acids is 1. The minimum atomic E-state index is -0.940. The van der Waals surface area contributed by atoms with E-state index in [9.17, 15) is 4.79 Å². The van der Waals surface area contributed by atoms with Crippen molar-refractivity contribution in [3.05, 3.63) is 23.4 Å². The van der Waals surface area contributed by atoms with Gasteiger partial charge in [-0.05, 0) is 32.1 Å². The molecule has 1 rings (SSSR count). The van der Waals surface area contributed by atoms with Gasteiger partial charge in [-0.1, -0.05) is 13.8 Å². The highest BCUT2D eigenvalue weighted by Gasteiger charge is 2.10. The average Bonchev–Trinajstić information content (AvgIpc) is 2.41. The van der Waals surface area contributed by atoms with Gasteiger partial charge in [0.05, 0.1) is 18.8 Å². The predicted octanol–water partition coefficient (Wildman–Crippen LogP) is 1.89. The molecule has 1 aromatic rings. The van der Waals surface area contributed by atoms with Crippen LogP contribution >= 0.6 is 0 Å². The first kappa shape index (κ1) is 17.4. The van der Waals surface area contributed by atoms with Gasteiger partial charge in [0.25, 0.3) is 0 Å². The topological polar surface area (TPSA) is 74.7 Å². The number of pyridine rings is 1. The standard InChI is InChI=1S/C15H25N3O3/c1-11(2)13-9-12(15(19)20)10-14(17-13)16-5-7-21-8-6-18(3)4/h9-11H,5-8H2,1-4H3,(H,16,17)(H,19,20). The van der Waals surface area contributed by atoms with Crippen molar-refractivity contribution in [1.82, 2.24) is 9.88 Å². The van der Waals surface area contributed by atoms with E-state index in [0.29, 0.717) is 25.6 Å². The zero-order valence-corrected chi connectivity index (χ0v) is 13.2. The van der Waals surface area contributed by atoms with Gasteiger partial charge in [-0.2, -0.15) is 0 Å². The SMILES string of the molecule is CC(C)c1cc(C(=O)O)cc(NCCOCCN(C)C)n1. The van der Waals surface area contributed by atoms with E-state index in [4.69, 9.17) is 9.84 Å². The number of carbonyl (C=O) groups is 1. The monoisotopic (exact) mass is 295 g/mol. The van der Waals surface area contributed by atoms with Crippen molar-refractivity contribution in [2.24, 2.45) is 0 Å². The van der Waals surface area contributed by atoms with Gasteiger partial charge in [0.1, 0.15) is 5.82 Å². The Kier molecular flexibility index (Phi) is 7.11. The second-order valence-corrected chi connectivity index (χ2v) is 5.47. The molecule has 0 amide bonds. The van der Waals surface area contributed by atoms with Crippen molar-refractivity contribution < 1.29 is 14.6 Å². The summed E-state index contributed by atoms with van der Waals surface area (Å²) < 4.78 is 5.47. The van der Waals surface area contributed by atoms with E-state index in [1.807, 2.05) is 27.9 Å². The van der Waals surface area contributed by atoms with Crippen LogP contribution < -0.4 is 5.32 Å². The second kappa shape index (κ2) is 8.59. The Hall–Kier alpha value is -1.66. The van der Waals surface area contributed by atoms with Crippen LogP contribution in [0.2, 0.25) is 0 Å². The third kappa shape index (κ3) is 6.55. The molecule has 0 atom stereocenters. The van der Waals surface area contributed by atoms with Crippen molar-refractivity contribution in [3.63, 3.8) is 0 Å². The van der Waals surface area contributed by atoms with Gasteiger partial charge < -0.3 is 20.1 Å². The maximum absolute atomic E-state index is 11.1. The summed E-state index contributed by atoms with van der Waals surface area (Å²) in [5.41, 5.74) is 1.02. The molecule has 0 unspecified atom stereocenters. The number of nitrogens with one attached hydrogen (secondary N) is 1. The third-order valence-corrected chi connectivity index (χ3v) is 2.92. The first-order chi connectivity index (χ1) is 9.90. The van der Waals surface area contributed by atoms with Gasteiger partial charge in [0, 0.05) is 18.8 Å². The van der Waals surface area contributed by atoms with E-state index in [-0.39, 0.29) is 11.5 Å². The number of rotatable bonds is 9. The number of hydrogen-bond donors (Lipinski definition) is 2. The molecule has 1 heterocycles. The van der Waals surface area contributed by atoms with E-state index in [2.05, 4.69) is 15.2 Å². The lowest BCUT2D eigenvalue weighted by atomic mass is 10.1. The highest BCUT2D eigenvalue weighted by Crippen LogP contribution is 2.17. The van der Waals surface area contributed by atoms with Gasteiger partial charge in [-0.15, -0.1) is 0 Å². The van der Waals surface area contributed by atoms with Crippen molar-refractivity contribution in [3.8, 4) is 0 Å². The van der Waals surface area contributed by atoms with Crippen LogP contribution in [0.15, 0.2) is 12.1 Å². The Balaban J connectivity index is 2.52. The molecular formula is C15H25N3O3. The van der Waals surface area contributed by atoms with Crippen LogP contribution in [-0.4, -0.2) is 61.4 Å². The summed E-state index contributed by atoms with van der Waals surface area (Å²) in [6, 6.07) is 3.17. The first-order valence-corrected chi connectivity index (χ1v) is 7.11. The fourth-order valence-corrected chi connectivity index (χ4v) is 1.66. The lowest BCUT2D eigenvalue weighted by Crippen LogP contribution is -2.20. The number of aromatic nitrogens is 1. The van der Waals surface area contributed by atoms with Gasteiger partial charge in [-0.3, -0.25) is 0 Å². The summed E-state index contributed by atoms with van der Waals surface area (Å²) >= 11 is 0. The van der Waals surface area contributed by atoms with Gasteiger partial charge in [0.15, 0.2) is 0 Å². The highest BCUT2D eigenvalue weighted by atomic mass is 16.5. The number of carboxylic acid groups (broad SMARTS) is 1. The van der Waals surface area contributed by atoms with Crippen LogP contribution in [0.3, 0.4) is 0 Å². The molecule has 118 valence electrons. The van der Waals surface area contributed by atoms with Gasteiger partial charge >= 0.3 is 5.97 Å². The average molecular weight is 295 g/mol. The molecule has 0 aliphatic heterocycles. The van der Waals surface area contributed by atoms with E-state index in [1.165, 1.54) is 0 Å². The predicted molar refractivity (Wildman–Crippen MR) is 83.1 cm³/mol. The number of likely N-dealkylation sites (N-methyl/N-ethyl adjacent to an activating group) is 1. The number of ether oxygens (including phenoxy) is 1. The summed E-state index contributed by atoms with van der Waals surface area (Å²) in [5, 5.41) is 12.2. The summed E-state index contributed by atoms with van der Waals surface area (Å²) in [4.78, 5) is 17.6. The van der Waals surface area contributed by atoms with Crippen LogP contribution in [-0.2, 0) is 4.74 Å². The number of nitrogens with zero attached hydrogens (tertiary/aromatic N) is 2. The maximum Gasteiger partial charge on any atom is 0.335 e. The van der Waals surface area contributed by atoms with Crippen molar-refractivity contribution in [2.75, 3.05) is 45.7 Å². The Bertz CT molecular complexity index is 461. The molecule has 0 saturated carbocycles. The summed E-state index contributed by atoms with van der Waals surface area (Å²) in [5.74, 6) is -0.180. The molecule has 1 aromatic heterocycles. The number of hydrogen-bond acceptors (Lipinski definition) is 5. The summed E-state index contributed by atoms with van der Waals surface area (Å²) in [6.45, 7) is 6.69. The quantitative estimate of drug-likeness (QED) is 0.678. The molecule has 2 N–H and O–H groups in total. The lowest BCUT2D eigenvalue weighted by Gasteiger charge is -2.12. The number of aromatic carboxylic acids is 1. The van der Waals surface area contributed by atoms with E-state index >= 15 is 0 Å². The molecule has 0 radical (unpaired) electrons. The third-order valence-electron chi connectivity index (χ3n) is 2.92. The van der Waals surface area contributed by atoms with Gasteiger partial charge in [0.2, 0.25) is 0 Å². The van der Waals surface area contributed by atoms with Crippen molar-refractivity contribution in [1.29, 1.82) is 0 Å². The smallest absolute Gasteiger partial charge is 0.335 e. The Morgan fingerprint density at radius 2 is 2.10 bits per heavy atom. The molecule has 0 bridgehead atoms. The van der Waals surface area contributed by atoms with Crippen LogP contribution in [0.25, 0.3) is 0 Å². The maximum atomic E-state index is 11.1. The number of anilines is 1. The zero-order chi connectivity index (χ0) is 15.8. The zero-order valence-electron chi connectivity index (χ0n) is 13.2. The molecule has 6 heteroatoms. The van der Waals surface area contributed by atoms with Crippen LogP contribution in [0.1, 0.15) is 35.8 Å². The molecule has 0 fully saturated rings. The molecule has 21 heavy (non-hydrogen) atoms. The molecule has 0 saturated heterocycles. The van der Waals surface area contributed by atoms with Crippen LogP contribution in [0.5, 0.6) is 0 Å². The van der Waals surface area contributed by atoms with Crippen LogP contribution in [0, 0.1) is 0 Å². The molecule has 0 aliphatic rings. The summed E-state index contributed by atoms with van der Waals surface area (Å²) in [7, 11) is 3.99. The molecule has 6 nitrogen and oxygen atoms in total. The van der Waals surface area contributed by atoms with E-state index < -0.39 is 5.97 Å². The second-order valence-electron chi connectivity index (χ2n) is 5.47. The molecular weight excluding hydrogens is 270 g/mol.